The van der Waals surface area contributed by atoms with Crippen molar-refractivity contribution in [2.24, 2.45) is 0 Å². The topological polar surface area (TPSA) is 133 Å². The van der Waals surface area contributed by atoms with Gasteiger partial charge in [0.05, 0.1) is 13.5 Å². The number of phenolic OH excluding ortho intramolecular Hbond substituents is 2. The van der Waals surface area contributed by atoms with Crippen molar-refractivity contribution in [3.8, 4) is 11.5 Å². The Labute approximate surface area is 113 Å². The Hall–Kier alpha value is -2.77. The van der Waals surface area contributed by atoms with Crippen molar-refractivity contribution in [1.29, 1.82) is 0 Å². The van der Waals surface area contributed by atoms with Gasteiger partial charge in [-0.3, -0.25) is 9.59 Å². The number of hydrogen-bond donors (Lipinski definition) is 4. The van der Waals surface area contributed by atoms with Crippen LogP contribution < -0.4 is 5.32 Å². The summed E-state index contributed by atoms with van der Waals surface area (Å²) in [6, 6.07) is 1.64. The molecule has 1 aromatic rings. The molecule has 4 N–H and O–H groups in total. The van der Waals surface area contributed by atoms with Crippen LogP contribution in [0.15, 0.2) is 18.2 Å². The molecule has 1 aromatic carbocycles. The van der Waals surface area contributed by atoms with Gasteiger partial charge in [-0.15, -0.1) is 0 Å². The summed E-state index contributed by atoms with van der Waals surface area (Å²) in [4.78, 5) is 33.8. The van der Waals surface area contributed by atoms with Crippen LogP contribution in [0, 0.1) is 0 Å². The van der Waals surface area contributed by atoms with Gasteiger partial charge in [-0.1, -0.05) is 0 Å². The van der Waals surface area contributed by atoms with E-state index in [-0.39, 0.29) is 17.1 Å². The first-order valence-electron chi connectivity index (χ1n) is 5.47. The van der Waals surface area contributed by atoms with Crippen LogP contribution in [-0.4, -0.2) is 46.3 Å². The first-order chi connectivity index (χ1) is 9.33. The van der Waals surface area contributed by atoms with Crippen LogP contribution in [0.5, 0.6) is 11.5 Å². The molecule has 1 rings (SSSR count). The number of carbonyl (C=O) groups is 3. The summed E-state index contributed by atoms with van der Waals surface area (Å²) in [6.45, 7) is 0. The Kier molecular flexibility index (Phi) is 4.90. The highest BCUT2D eigenvalue weighted by Gasteiger charge is 2.24. The van der Waals surface area contributed by atoms with E-state index in [4.69, 9.17) is 5.11 Å². The predicted octanol–water partition coefficient (Wildman–Crippen LogP) is -0.156. The van der Waals surface area contributed by atoms with Crippen molar-refractivity contribution >= 4 is 17.8 Å². The average Bonchev–Trinajstić information content (AvgIpc) is 2.36. The molecule has 0 saturated heterocycles. The van der Waals surface area contributed by atoms with Gasteiger partial charge < -0.3 is 25.4 Å². The Morgan fingerprint density at radius 1 is 1.20 bits per heavy atom. The Morgan fingerprint density at radius 3 is 2.20 bits per heavy atom. The number of aromatic hydroxyl groups is 2. The van der Waals surface area contributed by atoms with E-state index >= 15 is 0 Å². The lowest BCUT2D eigenvalue weighted by Gasteiger charge is -2.13. The molecule has 0 saturated carbocycles. The normalized spacial score (nSPS) is 11.4. The molecule has 0 fully saturated rings. The number of amides is 1. The third-order valence-electron chi connectivity index (χ3n) is 2.37. The first kappa shape index (κ1) is 15.3. The van der Waals surface area contributed by atoms with E-state index < -0.39 is 30.3 Å². The molecule has 0 bridgehead atoms. The lowest BCUT2D eigenvalue weighted by molar-refractivity contribution is -0.147. The van der Waals surface area contributed by atoms with Gasteiger partial charge in [-0.25, -0.2) is 4.79 Å². The summed E-state index contributed by atoms with van der Waals surface area (Å²) in [6.07, 6.45) is -0.539. The van der Waals surface area contributed by atoms with Gasteiger partial charge >= 0.3 is 11.9 Å². The number of hydrogen-bond acceptors (Lipinski definition) is 6. The summed E-state index contributed by atoms with van der Waals surface area (Å²) in [5.74, 6) is -3.76. The van der Waals surface area contributed by atoms with Gasteiger partial charge in [0.25, 0.3) is 5.91 Å². The lowest BCUT2D eigenvalue weighted by Crippen LogP contribution is -2.42. The lowest BCUT2D eigenvalue weighted by atomic mass is 10.1. The van der Waals surface area contributed by atoms with E-state index in [1.807, 2.05) is 0 Å². The smallest absolute Gasteiger partial charge is 0.326 e. The molecule has 0 aliphatic carbocycles. The van der Waals surface area contributed by atoms with Crippen LogP contribution in [0.3, 0.4) is 0 Å². The van der Waals surface area contributed by atoms with Gasteiger partial charge in [-0.2, -0.15) is 0 Å². The second-order valence-electron chi connectivity index (χ2n) is 3.88. The summed E-state index contributed by atoms with van der Waals surface area (Å²) >= 11 is 0. The van der Waals surface area contributed by atoms with Crippen molar-refractivity contribution in [3.63, 3.8) is 0 Å². The molecule has 0 heterocycles. The zero-order chi connectivity index (χ0) is 15.3. The van der Waals surface area contributed by atoms with Gasteiger partial charge in [0.15, 0.2) is 0 Å². The number of carbonyl (C=O) groups excluding carboxylic acids is 2. The zero-order valence-electron chi connectivity index (χ0n) is 10.5. The minimum atomic E-state index is -1.47. The number of phenols is 2. The van der Waals surface area contributed by atoms with Gasteiger partial charge in [0.1, 0.15) is 17.5 Å². The number of aliphatic carboxylic acids is 1. The Balaban J connectivity index is 2.85. The fourth-order valence-corrected chi connectivity index (χ4v) is 1.42. The van der Waals surface area contributed by atoms with Gasteiger partial charge in [0.2, 0.25) is 0 Å². The first-order valence-corrected chi connectivity index (χ1v) is 5.47. The standard InChI is InChI=1S/C12H13NO7/c1-20-10(16)5-9(12(18)19)13-11(17)6-2-7(14)4-8(15)3-6/h2-4,9,14-15H,5H2,1H3,(H,13,17)(H,18,19)/t9-/m0/s1. The molecule has 0 unspecified atom stereocenters. The minimum Gasteiger partial charge on any atom is -0.508 e. The highest BCUT2D eigenvalue weighted by Crippen LogP contribution is 2.20. The van der Waals surface area contributed by atoms with E-state index in [9.17, 15) is 24.6 Å². The number of carboxylic acid groups (broad SMARTS) is 1. The van der Waals surface area contributed by atoms with Crippen molar-refractivity contribution in [1.82, 2.24) is 5.32 Å². The molecule has 0 radical (unpaired) electrons. The monoisotopic (exact) mass is 283 g/mol. The summed E-state index contributed by atoms with van der Waals surface area (Å²) < 4.78 is 4.32. The summed E-state index contributed by atoms with van der Waals surface area (Å²) in [5, 5.41) is 29.5. The molecule has 0 aromatic heterocycles. The Morgan fingerprint density at radius 2 is 1.75 bits per heavy atom. The molecular weight excluding hydrogens is 270 g/mol. The van der Waals surface area contributed by atoms with Crippen LogP contribution >= 0.6 is 0 Å². The predicted molar refractivity (Wildman–Crippen MR) is 65.3 cm³/mol. The van der Waals surface area contributed by atoms with Crippen molar-refractivity contribution in [2.45, 2.75) is 12.5 Å². The van der Waals surface area contributed by atoms with E-state index in [0.29, 0.717) is 0 Å². The van der Waals surface area contributed by atoms with Crippen LogP contribution in [0.2, 0.25) is 0 Å². The SMILES string of the molecule is COC(=O)C[C@H](NC(=O)c1cc(O)cc(O)c1)C(=O)O. The molecule has 0 aliphatic heterocycles. The number of ether oxygens (including phenoxy) is 1. The summed E-state index contributed by atoms with van der Waals surface area (Å²) in [5.41, 5.74) is -0.140. The number of esters is 1. The number of nitrogens with one attached hydrogen (secondary N) is 1. The van der Waals surface area contributed by atoms with Crippen LogP contribution in [0.4, 0.5) is 0 Å². The molecule has 1 atom stereocenters. The fourth-order valence-electron chi connectivity index (χ4n) is 1.42. The fraction of sp³-hybridized carbons (Fsp3) is 0.250. The van der Waals surface area contributed by atoms with E-state index in [1.165, 1.54) is 0 Å². The number of methoxy groups -OCH3 is 1. The molecule has 1 amide bonds. The van der Waals surface area contributed by atoms with Crippen LogP contribution in [0.25, 0.3) is 0 Å². The number of benzene rings is 1. The molecule has 0 spiro atoms. The minimum absolute atomic E-state index is 0.140. The highest BCUT2D eigenvalue weighted by molar-refractivity contribution is 5.98. The maximum atomic E-state index is 11.8. The second-order valence-corrected chi connectivity index (χ2v) is 3.88. The zero-order valence-corrected chi connectivity index (χ0v) is 10.5. The van der Waals surface area contributed by atoms with E-state index in [2.05, 4.69) is 10.1 Å². The largest absolute Gasteiger partial charge is 0.508 e. The van der Waals surface area contributed by atoms with Crippen LogP contribution in [-0.2, 0) is 14.3 Å². The molecule has 20 heavy (non-hydrogen) atoms. The molecule has 8 nitrogen and oxygen atoms in total. The Bertz CT molecular complexity index is 520. The second kappa shape index (κ2) is 6.41. The van der Waals surface area contributed by atoms with Crippen LogP contribution in [0.1, 0.15) is 16.8 Å². The average molecular weight is 283 g/mol. The number of rotatable bonds is 5. The molecule has 0 aliphatic rings. The van der Waals surface area contributed by atoms with Gasteiger partial charge in [0, 0.05) is 11.6 Å². The van der Waals surface area contributed by atoms with Gasteiger partial charge in [-0.05, 0) is 12.1 Å². The third kappa shape index (κ3) is 4.16. The summed E-state index contributed by atoms with van der Waals surface area (Å²) in [7, 11) is 1.09. The molecular formula is C12H13NO7. The maximum Gasteiger partial charge on any atom is 0.326 e. The molecule has 8 heteroatoms. The maximum absolute atomic E-state index is 11.8. The highest BCUT2D eigenvalue weighted by atomic mass is 16.5. The van der Waals surface area contributed by atoms with Crippen molar-refractivity contribution in [2.75, 3.05) is 7.11 Å². The van der Waals surface area contributed by atoms with E-state index in [1.54, 1.807) is 0 Å². The quantitative estimate of drug-likeness (QED) is 0.552. The van der Waals surface area contributed by atoms with Crippen molar-refractivity contribution in [3.05, 3.63) is 23.8 Å². The number of carboxylic acids is 1. The third-order valence-corrected chi connectivity index (χ3v) is 2.37. The van der Waals surface area contributed by atoms with E-state index in [0.717, 1.165) is 25.3 Å². The van der Waals surface area contributed by atoms with Crippen molar-refractivity contribution < 1.29 is 34.4 Å². The molecule has 108 valence electrons.